The lowest BCUT2D eigenvalue weighted by Crippen LogP contribution is -2.35. The summed E-state index contributed by atoms with van der Waals surface area (Å²) in [4.78, 5) is 14.5. The average Bonchev–Trinajstić information content (AvgIpc) is 3.17. The van der Waals surface area contributed by atoms with Gasteiger partial charge in [-0.25, -0.2) is 0 Å². The number of rotatable bonds is 7. The molecule has 0 unspecified atom stereocenters. The van der Waals surface area contributed by atoms with Crippen molar-refractivity contribution in [3.8, 4) is 5.75 Å². The molecule has 0 saturated heterocycles. The van der Waals surface area contributed by atoms with Gasteiger partial charge in [-0.3, -0.25) is 9.48 Å². The Hall–Kier alpha value is -3.49. The molecule has 0 spiro atoms. The maximum atomic E-state index is 13.3. The molecule has 0 aliphatic carbocycles. The predicted octanol–water partition coefficient (Wildman–Crippen LogP) is 4.65. The molecule has 0 radical (unpaired) electrons. The van der Waals surface area contributed by atoms with Crippen molar-refractivity contribution in [1.29, 1.82) is 0 Å². The molecule has 0 saturated carbocycles. The Morgan fingerprint density at radius 2 is 1.97 bits per heavy atom. The van der Waals surface area contributed by atoms with Crippen molar-refractivity contribution in [2.75, 3.05) is 23.9 Å². The number of hydrogen-bond donors (Lipinski definition) is 1. The molecule has 1 N–H and O–H groups in total. The van der Waals surface area contributed by atoms with Gasteiger partial charge >= 0.3 is 6.18 Å². The van der Waals surface area contributed by atoms with Gasteiger partial charge in [0.05, 0.1) is 42.8 Å². The lowest BCUT2D eigenvalue weighted by Gasteiger charge is -2.30. The zero-order valence-electron chi connectivity index (χ0n) is 17.3. The van der Waals surface area contributed by atoms with Gasteiger partial charge < -0.3 is 15.0 Å². The molecule has 0 aliphatic rings. The minimum absolute atomic E-state index is 0.170. The number of aryl methyl sites for hydroxylation is 1. The van der Waals surface area contributed by atoms with Crippen molar-refractivity contribution in [3.05, 3.63) is 72.1 Å². The highest BCUT2D eigenvalue weighted by Crippen LogP contribution is 2.35. The molecule has 3 aromatic rings. The molecule has 1 amide bonds. The number of carbonyl (C=O) groups is 1. The number of anilines is 2. The Morgan fingerprint density at radius 3 is 2.61 bits per heavy atom. The lowest BCUT2D eigenvalue weighted by atomic mass is 10.1. The molecule has 1 aromatic heterocycles. The molecule has 1 heterocycles. The summed E-state index contributed by atoms with van der Waals surface area (Å²) in [6, 6.07) is 12.0. The third-order valence-corrected chi connectivity index (χ3v) is 4.89. The van der Waals surface area contributed by atoms with Gasteiger partial charge in [-0.05, 0) is 36.8 Å². The summed E-state index contributed by atoms with van der Waals surface area (Å²) in [5.41, 5.74) is 0.376. The second-order valence-electron chi connectivity index (χ2n) is 7.04. The van der Waals surface area contributed by atoms with Gasteiger partial charge in [-0.1, -0.05) is 24.3 Å². The summed E-state index contributed by atoms with van der Waals surface area (Å²) < 4.78 is 46.7. The van der Waals surface area contributed by atoms with Crippen LogP contribution in [0.4, 0.5) is 24.5 Å². The van der Waals surface area contributed by atoms with Crippen molar-refractivity contribution in [2.45, 2.75) is 19.1 Å². The largest absolute Gasteiger partial charge is 0.497 e. The first-order chi connectivity index (χ1) is 14.7. The zero-order chi connectivity index (χ0) is 22.6. The summed E-state index contributed by atoms with van der Waals surface area (Å²) in [6.07, 6.45) is -1.22. The van der Waals surface area contributed by atoms with Crippen LogP contribution in [0.1, 0.15) is 24.1 Å². The lowest BCUT2D eigenvalue weighted by molar-refractivity contribution is -0.137. The van der Waals surface area contributed by atoms with Crippen LogP contribution in [-0.2, 0) is 18.0 Å². The highest BCUT2D eigenvalue weighted by Gasteiger charge is 2.33. The molecule has 0 fully saturated rings. The Bertz CT molecular complexity index is 1050. The maximum Gasteiger partial charge on any atom is 0.418 e. The number of methoxy groups -OCH3 is 1. The van der Waals surface area contributed by atoms with Crippen molar-refractivity contribution >= 4 is 17.3 Å². The van der Waals surface area contributed by atoms with E-state index >= 15 is 0 Å². The number of para-hydroxylation sites is 1. The van der Waals surface area contributed by atoms with Gasteiger partial charge in [-0.2, -0.15) is 18.3 Å². The quantitative estimate of drug-likeness (QED) is 0.590. The first kappa shape index (κ1) is 22.2. The number of alkyl halides is 3. The van der Waals surface area contributed by atoms with Gasteiger partial charge in [0.1, 0.15) is 5.75 Å². The number of hydrogen-bond acceptors (Lipinski definition) is 4. The number of carbonyl (C=O) groups excluding carboxylic acids is 1. The normalized spacial score (nSPS) is 12.3. The fourth-order valence-electron chi connectivity index (χ4n) is 3.27. The summed E-state index contributed by atoms with van der Waals surface area (Å²) in [5.74, 6) is 0.0920. The topological polar surface area (TPSA) is 59.4 Å². The number of benzene rings is 2. The third kappa shape index (κ3) is 5.36. The predicted molar refractivity (Wildman–Crippen MR) is 112 cm³/mol. The van der Waals surface area contributed by atoms with E-state index in [4.69, 9.17) is 4.74 Å². The summed E-state index contributed by atoms with van der Waals surface area (Å²) in [6.45, 7) is 1.73. The Kier molecular flexibility index (Phi) is 6.53. The second-order valence-corrected chi connectivity index (χ2v) is 7.04. The van der Waals surface area contributed by atoms with Crippen LogP contribution in [0.3, 0.4) is 0 Å². The second kappa shape index (κ2) is 9.11. The van der Waals surface area contributed by atoms with Gasteiger partial charge in [0.2, 0.25) is 5.91 Å². The molecule has 2 aromatic carbocycles. The highest BCUT2D eigenvalue weighted by molar-refractivity contribution is 5.95. The van der Waals surface area contributed by atoms with Gasteiger partial charge in [0, 0.05) is 13.2 Å². The summed E-state index contributed by atoms with van der Waals surface area (Å²) in [7, 11) is 3.31. The maximum absolute atomic E-state index is 13.3. The Labute approximate surface area is 178 Å². The van der Waals surface area contributed by atoms with E-state index in [0.29, 0.717) is 11.4 Å². The Balaban J connectivity index is 1.87. The number of nitrogens with one attached hydrogen (secondary N) is 1. The third-order valence-electron chi connectivity index (χ3n) is 4.89. The van der Waals surface area contributed by atoms with Crippen LogP contribution < -0.4 is 15.0 Å². The van der Waals surface area contributed by atoms with E-state index in [1.54, 1.807) is 36.1 Å². The molecular weight excluding hydrogens is 409 g/mol. The fourth-order valence-corrected chi connectivity index (χ4v) is 3.27. The van der Waals surface area contributed by atoms with E-state index in [2.05, 4.69) is 10.4 Å². The average molecular weight is 432 g/mol. The van der Waals surface area contributed by atoms with Crippen LogP contribution in [0.25, 0.3) is 0 Å². The molecule has 9 heteroatoms. The van der Waals surface area contributed by atoms with Gasteiger partial charge in [0.25, 0.3) is 0 Å². The van der Waals surface area contributed by atoms with Crippen molar-refractivity contribution in [1.82, 2.24) is 9.78 Å². The minimum Gasteiger partial charge on any atom is -0.497 e. The first-order valence-electron chi connectivity index (χ1n) is 9.54. The van der Waals surface area contributed by atoms with Crippen LogP contribution >= 0.6 is 0 Å². The van der Waals surface area contributed by atoms with Crippen LogP contribution in [0.2, 0.25) is 0 Å². The summed E-state index contributed by atoms with van der Waals surface area (Å²) in [5, 5.41) is 6.56. The monoisotopic (exact) mass is 432 g/mol. The standard InChI is InChI=1S/C22H23F3N4O2/c1-15(16-7-6-8-18(11-16)31-3)29(17-12-26-28(2)13-17)14-21(30)27-20-10-5-4-9-19(20)22(23,24)25/h4-13,15H,14H2,1-3H3,(H,27,30)/t15-/m0/s1. The van der Waals surface area contributed by atoms with E-state index in [1.165, 1.54) is 18.2 Å². The van der Waals surface area contributed by atoms with Crippen molar-refractivity contribution < 1.29 is 22.7 Å². The molecule has 0 bridgehead atoms. The first-order valence-corrected chi connectivity index (χ1v) is 9.54. The molecule has 164 valence electrons. The molecule has 31 heavy (non-hydrogen) atoms. The molecular formula is C22H23F3N4O2. The molecule has 6 nitrogen and oxygen atoms in total. The zero-order valence-corrected chi connectivity index (χ0v) is 17.3. The van der Waals surface area contributed by atoms with Crippen molar-refractivity contribution in [3.63, 3.8) is 0 Å². The Morgan fingerprint density at radius 1 is 1.23 bits per heavy atom. The van der Waals surface area contributed by atoms with E-state index in [1.807, 2.05) is 31.2 Å². The molecule has 3 rings (SSSR count). The smallest absolute Gasteiger partial charge is 0.418 e. The van der Waals surface area contributed by atoms with Crippen molar-refractivity contribution in [2.24, 2.45) is 7.05 Å². The molecule has 1 atom stereocenters. The number of nitrogens with zero attached hydrogens (tertiary/aromatic N) is 3. The van der Waals surface area contributed by atoms with E-state index < -0.39 is 17.6 Å². The highest BCUT2D eigenvalue weighted by atomic mass is 19.4. The fraction of sp³-hybridized carbons (Fsp3) is 0.273. The number of halogens is 3. The van der Waals surface area contributed by atoms with Crippen LogP contribution in [-0.4, -0.2) is 29.3 Å². The SMILES string of the molecule is COc1cccc([C@H](C)N(CC(=O)Nc2ccccc2C(F)(F)F)c2cnn(C)c2)c1. The van der Waals surface area contributed by atoms with E-state index in [0.717, 1.165) is 11.6 Å². The van der Waals surface area contributed by atoms with Gasteiger partial charge in [-0.15, -0.1) is 0 Å². The van der Waals surface area contributed by atoms with Crippen LogP contribution in [0, 0.1) is 0 Å². The van der Waals surface area contributed by atoms with Crippen LogP contribution in [0.15, 0.2) is 60.9 Å². The van der Waals surface area contributed by atoms with E-state index in [9.17, 15) is 18.0 Å². The van der Waals surface area contributed by atoms with Gasteiger partial charge in [0.15, 0.2) is 0 Å². The molecule has 0 aliphatic heterocycles. The minimum atomic E-state index is -4.57. The number of ether oxygens (including phenoxy) is 1. The summed E-state index contributed by atoms with van der Waals surface area (Å²) >= 11 is 0. The number of amides is 1. The van der Waals surface area contributed by atoms with E-state index in [-0.39, 0.29) is 18.3 Å². The number of aromatic nitrogens is 2. The van der Waals surface area contributed by atoms with Crippen LogP contribution in [0.5, 0.6) is 5.75 Å².